The molecule has 144 valence electrons. The Balaban J connectivity index is 1.48. The molecule has 8 heteroatoms. The molecular weight excluding hydrogens is 346 g/mol. The molecular formula is C19H25N5O3. The normalized spacial score (nSPS) is 19.3. The van der Waals surface area contributed by atoms with Crippen LogP contribution in [0.15, 0.2) is 24.4 Å². The van der Waals surface area contributed by atoms with Crippen molar-refractivity contribution in [3.8, 4) is 0 Å². The van der Waals surface area contributed by atoms with Crippen molar-refractivity contribution < 1.29 is 9.72 Å². The fourth-order valence-corrected chi connectivity index (χ4v) is 4.24. The maximum Gasteiger partial charge on any atom is 0.372 e. The number of nitrogens with zero attached hydrogens (tertiary/aromatic N) is 5. The largest absolute Gasteiger partial charge is 0.372 e. The highest BCUT2D eigenvalue weighted by molar-refractivity contribution is 5.79. The summed E-state index contributed by atoms with van der Waals surface area (Å²) in [5, 5.41) is 11.6. The van der Waals surface area contributed by atoms with Gasteiger partial charge in [-0.2, -0.15) is 9.38 Å². The van der Waals surface area contributed by atoms with Gasteiger partial charge >= 0.3 is 5.82 Å². The number of rotatable bonds is 3. The Hall–Kier alpha value is -2.64. The predicted molar refractivity (Wildman–Crippen MR) is 102 cm³/mol. The van der Waals surface area contributed by atoms with E-state index in [1.54, 1.807) is 18.3 Å². The molecule has 0 N–H and O–H groups in total. The van der Waals surface area contributed by atoms with Gasteiger partial charge in [-0.15, -0.1) is 0 Å². The molecule has 0 spiro atoms. The van der Waals surface area contributed by atoms with Crippen LogP contribution in [0.2, 0.25) is 0 Å². The summed E-state index contributed by atoms with van der Waals surface area (Å²) in [6, 6.07) is 5.35. The standard InChI is InChI=1S/C19H25N5O3/c25-19(22-10-4-1-2-5-11-22)15-8-13-21(14-9-15)17-18(24(26)27)23-12-6-3-7-16(23)20-17/h3,6-7,12,15H,1-2,4-5,8-11,13-14H2. The highest BCUT2D eigenvalue weighted by atomic mass is 16.6. The van der Waals surface area contributed by atoms with Crippen LogP contribution in [0.4, 0.5) is 11.6 Å². The van der Waals surface area contributed by atoms with E-state index in [0.29, 0.717) is 24.6 Å². The smallest absolute Gasteiger partial charge is 0.358 e. The van der Waals surface area contributed by atoms with Gasteiger partial charge in [0.15, 0.2) is 0 Å². The molecule has 0 radical (unpaired) electrons. The van der Waals surface area contributed by atoms with Gasteiger partial charge in [0.05, 0.1) is 6.20 Å². The second kappa shape index (κ2) is 7.54. The van der Waals surface area contributed by atoms with Crippen LogP contribution < -0.4 is 4.90 Å². The molecule has 2 aromatic rings. The van der Waals surface area contributed by atoms with E-state index in [1.807, 2.05) is 15.9 Å². The first-order chi connectivity index (χ1) is 13.1. The van der Waals surface area contributed by atoms with Gasteiger partial charge in [0.1, 0.15) is 0 Å². The Morgan fingerprint density at radius 3 is 2.44 bits per heavy atom. The Morgan fingerprint density at radius 2 is 1.78 bits per heavy atom. The van der Waals surface area contributed by atoms with Crippen molar-refractivity contribution in [3.63, 3.8) is 0 Å². The summed E-state index contributed by atoms with van der Waals surface area (Å²) >= 11 is 0. The number of likely N-dealkylation sites (tertiary alicyclic amines) is 1. The van der Waals surface area contributed by atoms with Crippen molar-refractivity contribution in [1.29, 1.82) is 0 Å². The summed E-state index contributed by atoms with van der Waals surface area (Å²) < 4.78 is 1.52. The number of nitro groups is 1. The molecule has 0 unspecified atom stereocenters. The SMILES string of the molecule is O=C(C1CCN(c2nc3ccccn3c2[N+](=O)[O-])CC1)N1CCCCCC1. The van der Waals surface area contributed by atoms with Crippen LogP contribution in [0.25, 0.3) is 5.65 Å². The second-order valence-corrected chi connectivity index (χ2v) is 7.45. The summed E-state index contributed by atoms with van der Waals surface area (Å²) in [6.45, 7) is 2.98. The fraction of sp³-hybridized carbons (Fsp3) is 0.579. The Bertz CT molecular complexity index is 833. The third kappa shape index (κ3) is 3.48. The van der Waals surface area contributed by atoms with E-state index in [4.69, 9.17) is 0 Å². The van der Waals surface area contributed by atoms with Crippen molar-refractivity contribution in [2.24, 2.45) is 5.92 Å². The van der Waals surface area contributed by atoms with Gasteiger partial charge in [0.25, 0.3) is 0 Å². The first kappa shape index (κ1) is 17.8. The summed E-state index contributed by atoms with van der Waals surface area (Å²) in [6.07, 6.45) is 7.72. The Kier molecular flexibility index (Phi) is 4.96. The molecule has 0 bridgehead atoms. The van der Waals surface area contributed by atoms with E-state index in [0.717, 1.165) is 38.8 Å². The minimum Gasteiger partial charge on any atom is -0.358 e. The van der Waals surface area contributed by atoms with Gasteiger partial charge in [-0.25, -0.2) is 0 Å². The zero-order valence-corrected chi connectivity index (χ0v) is 15.4. The molecule has 0 atom stereocenters. The van der Waals surface area contributed by atoms with Crippen LogP contribution in [0, 0.1) is 16.0 Å². The molecule has 2 aliphatic heterocycles. The number of hydrogen-bond donors (Lipinski definition) is 0. The van der Waals surface area contributed by atoms with Crippen LogP contribution in [0.5, 0.6) is 0 Å². The quantitative estimate of drug-likeness (QED) is 0.612. The molecule has 2 saturated heterocycles. The fourth-order valence-electron chi connectivity index (χ4n) is 4.24. The number of pyridine rings is 1. The number of carbonyl (C=O) groups is 1. The molecule has 2 aliphatic rings. The average molecular weight is 371 g/mol. The van der Waals surface area contributed by atoms with Gasteiger partial charge in [0, 0.05) is 38.2 Å². The van der Waals surface area contributed by atoms with E-state index >= 15 is 0 Å². The lowest BCUT2D eigenvalue weighted by Gasteiger charge is -2.33. The van der Waals surface area contributed by atoms with E-state index in [9.17, 15) is 14.9 Å². The lowest BCUT2D eigenvalue weighted by atomic mass is 9.95. The highest BCUT2D eigenvalue weighted by Gasteiger charge is 2.33. The molecule has 1 amide bonds. The predicted octanol–water partition coefficient (Wildman–Crippen LogP) is 2.86. The van der Waals surface area contributed by atoms with E-state index in [1.165, 1.54) is 17.2 Å². The third-order valence-electron chi connectivity index (χ3n) is 5.72. The maximum atomic E-state index is 12.8. The lowest BCUT2D eigenvalue weighted by molar-refractivity contribution is -0.389. The number of hydrogen-bond acceptors (Lipinski definition) is 5. The van der Waals surface area contributed by atoms with Gasteiger partial charge in [-0.3, -0.25) is 4.79 Å². The van der Waals surface area contributed by atoms with Crippen LogP contribution >= 0.6 is 0 Å². The van der Waals surface area contributed by atoms with Gasteiger partial charge in [-0.05, 0) is 36.7 Å². The van der Waals surface area contributed by atoms with E-state index in [-0.39, 0.29) is 22.6 Å². The topological polar surface area (TPSA) is 84.0 Å². The molecule has 0 aromatic carbocycles. The van der Waals surface area contributed by atoms with Crippen LogP contribution in [0.3, 0.4) is 0 Å². The summed E-state index contributed by atoms with van der Waals surface area (Å²) in [5.74, 6) is 0.700. The van der Waals surface area contributed by atoms with Gasteiger partial charge in [-0.1, -0.05) is 18.9 Å². The van der Waals surface area contributed by atoms with Crippen LogP contribution in [-0.4, -0.2) is 51.3 Å². The third-order valence-corrected chi connectivity index (χ3v) is 5.72. The minimum absolute atomic E-state index is 0.00268. The minimum atomic E-state index is -0.371. The zero-order valence-electron chi connectivity index (χ0n) is 15.4. The average Bonchev–Trinajstić information content (AvgIpc) is 2.87. The molecule has 2 fully saturated rings. The highest BCUT2D eigenvalue weighted by Crippen LogP contribution is 2.32. The monoisotopic (exact) mass is 371 g/mol. The maximum absolute atomic E-state index is 12.8. The molecule has 0 aliphatic carbocycles. The van der Waals surface area contributed by atoms with Crippen molar-refractivity contribution >= 4 is 23.2 Å². The lowest BCUT2D eigenvalue weighted by Crippen LogP contribution is -2.43. The zero-order chi connectivity index (χ0) is 18.8. The first-order valence-corrected chi connectivity index (χ1v) is 9.80. The molecule has 2 aromatic heterocycles. The summed E-state index contributed by atoms with van der Waals surface area (Å²) in [4.78, 5) is 32.5. The van der Waals surface area contributed by atoms with Crippen molar-refractivity contribution in [3.05, 3.63) is 34.5 Å². The molecule has 0 saturated carbocycles. The number of aromatic nitrogens is 2. The number of amides is 1. The van der Waals surface area contributed by atoms with Crippen molar-refractivity contribution in [2.45, 2.75) is 38.5 Å². The van der Waals surface area contributed by atoms with E-state index in [2.05, 4.69) is 4.98 Å². The van der Waals surface area contributed by atoms with Crippen LogP contribution in [-0.2, 0) is 4.79 Å². The summed E-state index contributed by atoms with van der Waals surface area (Å²) in [5.41, 5.74) is 0.571. The Morgan fingerprint density at radius 1 is 1.07 bits per heavy atom. The van der Waals surface area contributed by atoms with E-state index < -0.39 is 0 Å². The number of imidazole rings is 1. The summed E-state index contributed by atoms with van der Waals surface area (Å²) in [7, 11) is 0. The van der Waals surface area contributed by atoms with Gasteiger partial charge < -0.3 is 19.9 Å². The number of fused-ring (bicyclic) bond motifs is 1. The molecule has 27 heavy (non-hydrogen) atoms. The first-order valence-electron chi connectivity index (χ1n) is 9.80. The van der Waals surface area contributed by atoms with Crippen molar-refractivity contribution in [2.75, 3.05) is 31.1 Å². The number of carbonyl (C=O) groups excluding carboxylic acids is 1. The molecule has 8 nitrogen and oxygen atoms in total. The molecule has 4 heterocycles. The van der Waals surface area contributed by atoms with Gasteiger partial charge in [0.2, 0.25) is 17.4 Å². The Labute approximate surface area is 157 Å². The number of anilines is 1. The van der Waals surface area contributed by atoms with Crippen LogP contribution in [0.1, 0.15) is 38.5 Å². The number of piperidine rings is 1. The molecule has 4 rings (SSSR count). The second-order valence-electron chi connectivity index (χ2n) is 7.45. The van der Waals surface area contributed by atoms with Crippen molar-refractivity contribution in [1.82, 2.24) is 14.3 Å².